The number of nitrogens with zero attached hydrogens (tertiary/aromatic N) is 1. The van der Waals surface area contributed by atoms with E-state index in [0.717, 1.165) is 42.6 Å². The summed E-state index contributed by atoms with van der Waals surface area (Å²) < 4.78 is 29.8. The number of amides is 7. The van der Waals surface area contributed by atoms with Crippen molar-refractivity contribution in [3.63, 3.8) is 0 Å². The average molecular weight is 875 g/mol. The molecule has 1 saturated carbocycles. The summed E-state index contributed by atoms with van der Waals surface area (Å²) in [4.78, 5) is 83.5. The molecule has 3 aliphatic heterocycles. The van der Waals surface area contributed by atoms with Gasteiger partial charge >= 0.3 is 6.03 Å². The number of ether oxygens (including phenoxy) is 1. The van der Waals surface area contributed by atoms with Crippen molar-refractivity contribution < 1.29 is 41.9 Å². The molecule has 1 aromatic heterocycles. The number of primary amides is 1. The number of urea groups is 1. The van der Waals surface area contributed by atoms with Crippen molar-refractivity contribution in [3.05, 3.63) is 66.1 Å². The second-order valence-electron chi connectivity index (χ2n) is 14.5. The predicted molar refractivity (Wildman–Crippen MR) is 230 cm³/mol. The molecule has 4 heterocycles. The van der Waals surface area contributed by atoms with Gasteiger partial charge in [0, 0.05) is 48.5 Å². The number of fused-ring (bicyclic) bond motifs is 2. The summed E-state index contributed by atoms with van der Waals surface area (Å²) in [6.45, 7) is 8.81. The van der Waals surface area contributed by atoms with Crippen molar-refractivity contribution in [2.45, 2.75) is 93.3 Å². The van der Waals surface area contributed by atoms with Crippen LogP contribution in [-0.2, 0) is 34.0 Å². The predicted octanol–water partition coefficient (Wildman–Crippen LogP) is 1.57. The largest absolute Gasteiger partial charge is 0.497 e. The number of methoxy groups -OCH3 is 1. The maximum absolute atomic E-state index is 12.2. The summed E-state index contributed by atoms with van der Waals surface area (Å²) in [5.41, 5.74) is 5.24. The van der Waals surface area contributed by atoms with E-state index in [0.29, 0.717) is 49.3 Å². The van der Waals surface area contributed by atoms with Gasteiger partial charge in [-0.1, -0.05) is 26.0 Å². The number of likely N-dealkylation sites (tertiary alicyclic amines) is 1. The Morgan fingerprint density at radius 2 is 1.82 bits per heavy atom. The third-order valence-electron chi connectivity index (χ3n) is 10.0. The van der Waals surface area contributed by atoms with Crippen molar-refractivity contribution in [3.8, 4) is 5.75 Å². The molecule has 330 valence electrons. The zero-order chi connectivity index (χ0) is 44.4. The minimum Gasteiger partial charge on any atom is -0.497 e. The molecule has 0 spiro atoms. The Bertz CT molecular complexity index is 2020. The van der Waals surface area contributed by atoms with Gasteiger partial charge in [0.05, 0.1) is 31.0 Å². The standard InChI is InChI=1S/C17H27N5O4S.C10H9NO2.C9H15NO3S.C4H7NO/c18-16(25)11-4-3-7-22(11)14(24)8-19-13(23)6-2-1-5-12-15-10(9-27-12)20-17(26)21-15;1-13-8-2-3-9-7(6-8)4-5-11-10(9)12;1-3-4-7(2)9(11)10-14(12,13)8-5-6-8;1-3-4(6)5-2/h10-12,15H,1-9H2,(H2,18,25)(H,19,23)(H2,20,21,26);2-6H,1H3,(H,11,12);3,7-8H,1,4-6H2,2H3,(H,10,11);3H,1H2,2H3,(H,5,6). The Morgan fingerprint density at radius 3 is 2.43 bits per heavy atom. The molecule has 4 fully saturated rings. The van der Waals surface area contributed by atoms with Crippen LogP contribution in [0.3, 0.4) is 0 Å². The van der Waals surface area contributed by atoms with E-state index in [2.05, 4.69) is 44.1 Å². The average Bonchev–Trinajstić information content (AvgIpc) is 3.71. The van der Waals surface area contributed by atoms with Crippen molar-refractivity contribution >= 4 is 68.1 Å². The summed E-state index contributed by atoms with van der Waals surface area (Å²) in [6.07, 6.45) is 10.6. The van der Waals surface area contributed by atoms with Crippen LogP contribution in [0.25, 0.3) is 10.8 Å². The van der Waals surface area contributed by atoms with Gasteiger partial charge in [0.25, 0.3) is 5.56 Å². The summed E-state index contributed by atoms with van der Waals surface area (Å²) in [7, 11) is -0.218. The number of carbonyl (C=O) groups is 6. The molecule has 1 aromatic carbocycles. The Labute approximate surface area is 354 Å². The van der Waals surface area contributed by atoms with E-state index in [-0.39, 0.29) is 59.1 Å². The first-order valence-corrected chi connectivity index (χ1v) is 22.3. The molecule has 5 atom stereocenters. The zero-order valence-electron chi connectivity index (χ0n) is 34.3. The lowest BCUT2D eigenvalue weighted by atomic mass is 10.0. The molecule has 0 radical (unpaired) electrons. The Hall–Kier alpha value is -5.37. The van der Waals surface area contributed by atoms with Crippen molar-refractivity contribution in [2.75, 3.05) is 33.0 Å². The first kappa shape index (κ1) is 49.0. The zero-order valence-corrected chi connectivity index (χ0v) is 36.0. The molecule has 8 N–H and O–H groups in total. The Morgan fingerprint density at radius 1 is 1.08 bits per heavy atom. The summed E-state index contributed by atoms with van der Waals surface area (Å²) in [5.74, 6) is -0.133. The molecule has 18 nitrogen and oxygen atoms in total. The number of pyridine rings is 1. The Kier molecular flexibility index (Phi) is 19.6. The highest BCUT2D eigenvalue weighted by molar-refractivity contribution is 8.00. The van der Waals surface area contributed by atoms with Gasteiger partial charge in [-0.3, -0.25) is 33.5 Å². The molecular formula is C40H58N8O10S2. The maximum atomic E-state index is 12.2. The van der Waals surface area contributed by atoms with Crippen LogP contribution in [0, 0.1) is 5.92 Å². The molecule has 3 saturated heterocycles. The molecule has 1 aliphatic carbocycles. The highest BCUT2D eigenvalue weighted by Crippen LogP contribution is 2.33. The van der Waals surface area contributed by atoms with Crippen LogP contribution in [0.5, 0.6) is 5.75 Å². The first-order valence-electron chi connectivity index (χ1n) is 19.7. The molecule has 2 aromatic rings. The third-order valence-corrected chi connectivity index (χ3v) is 13.3. The number of sulfonamides is 1. The van der Waals surface area contributed by atoms with Crippen LogP contribution in [0.1, 0.15) is 64.7 Å². The summed E-state index contributed by atoms with van der Waals surface area (Å²) in [5, 5.41) is 12.5. The van der Waals surface area contributed by atoms with Crippen LogP contribution in [0.4, 0.5) is 4.79 Å². The molecule has 0 bridgehead atoms. The fourth-order valence-corrected chi connectivity index (χ4v) is 9.41. The fourth-order valence-electron chi connectivity index (χ4n) is 6.46. The van der Waals surface area contributed by atoms with E-state index in [1.54, 1.807) is 45.5 Å². The van der Waals surface area contributed by atoms with Gasteiger partial charge in [-0.15, -0.1) is 6.58 Å². The molecule has 7 amide bonds. The first-order chi connectivity index (χ1) is 28.5. The number of rotatable bonds is 15. The maximum Gasteiger partial charge on any atom is 0.315 e. The number of benzene rings is 1. The number of unbranched alkanes of at least 4 members (excludes halogenated alkanes) is 1. The third kappa shape index (κ3) is 15.3. The number of H-pyrrole nitrogens is 1. The van der Waals surface area contributed by atoms with E-state index in [4.69, 9.17) is 10.5 Å². The number of aromatic nitrogens is 1. The number of nitrogens with two attached hydrogens (primary N) is 1. The van der Waals surface area contributed by atoms with Crippen molar-refractivity contribution in [2.24, 2.45) is 11.7 Å². The van der Waals surface area contributed by atoms with Gasteiger partial charge in [0.15, 0.2) is 0 Å². The number of carbonyl (C=O) groups excluding carboxylic acids is 6. The van der Waals surface area contributed by atoms with Gasteiger partial charge in [-0.05, 0) is 80.7 Å². The fraction of sp³-hybridized carbons (Fsp3) is 0.525. The van der Waals surface area contributed by atoms with Gasteiger partial charge in [-0.2, -0.15) is 11.8 Å². The van der Waals surface area contributed by atoms with Crippen LogP contribution < -0.4 is 42.0 Å². The van der Waals surface area contributed by atoms with Crippen LogP contribution in [0.15, 0.2) is 60.6 Å². The number of aromatic amines is 1. The van der Waals surface area contributed by atoms with Crippen molar-refractivity contribution in [1.82, 2.24) is 35.9 Å². The molecule has 4 aliphatic rings. The topological polar surface area (TPSA) is 268 Å². The Balaban J connectivity index is 0.000000244. The summed E-state index contributed by atoms with van der Waals surface area (Å²) >= 11 is 1.86. The van der Waals surface area contributed by atoms with Crippen molar-refractivity contribution in [1.29, 1.82) is 0 Å². The van der Waals surface area contributed by atoms with Crippen LogP contribution in [-0.4, -0.2) is 115 Å². The highest BCUT2D eigenvalue weighted by Gasteiger charge is 2.42. The van der Waals surface area contributed by atoms with Gasteiger partial charge < -0.3 is 41.6 Å². The van der Waals surface area contributed by atoms with Crippen LogP contribution in [0.2, 0.25) is 0 Å². The van der Waals surface area contributed by atoms with E-state index >= 15 is 0 Å². The monoisotopic (exact) mass is 874 g/mol. The van der Waals surface area contributed by atoms with E-state index in [9.17, 15) is 42.0 Å². The van der Waals surface area contributed by atoms with E-state index in [1.807, 2.05) is 23.9 Å². The lowest BCUT2D eigenvalue weighted by Crippen LogP contribution is -2.47. The SMILES string of the molecule is C=CC(=O)NC.C=CCC(C)C(=O)NS(=O)(=O)C1CC1.COc1ccc2c(=O)[nH]ccc2c1.NC(=O)C1CCCN1C(=O)CNC(=O)CCCCC1SCC2NC(=O)NC21. The van der Waals surface area contributed by atoms with Gasteiger partial charge in [0.2, 0.25) is 39.6 Å². The molecule has 5 unspecified atom stereocenters. The molecular weight excluding hydrogens is 817 g/mol. The molecule has 20 heteroatoms. The molecule has 6 rings (SSSR count). The number of allylic oxidation sites excluding steroid dienone is 1. The van der Waals surface area contributed by atoms with E-state index in [1.165, 1.54) is 11.0 Å². The minimum absolute atomic E-state index is 0.0693. The second-order valence-corrected chi connectivity index (χ2v) is 17.7. The summed E-state index contributed by atoms with van der Waals surface area (Å²) in [6, 6.07) is 6.99. The smallest absolute Gasteiger partial charge is 0.315 e. The molecule has 60 heavy (non-hydrogen) atoms. The lowest BCUT2D eigenvalue weighted by molar-refractivity contribution is -0.137. The lowest BCUT2D eigenvalue weighted by Gasteiger charge is -2.22. The number of hydrogen-bond acceptors (Lipinski definition) is 11. The number of hydrogen-bond donors (Lipinski definition) is 7. The number of nitrogens with one attached hydrogen (secondary N) is 6. The van der Waals surface area contributed by atoms with E-state index < -0.39 is 27.9 Å². The number of thioether (sulfide) groups is 1. The van der Waals surface area contributed by atoms with Gasteiger partial charge in [0.1, 0.15) is 11.8 Å². The van der Waals surface area contributed by atoms with Gasteiger partial charge in [-0.25, -0.2) is 13.2 Å². The normalized spacial score (nSPS) is 20.4. The highest BCUT2D eigenvalue weighted by atomic mass is 32.2. The van der Waals surface area contributed by atoms with Crippen LogP contribution >= 0.6 is 11.8 Å². The minimum atomic E-state index is -3.38. The second kappa shape index (κ2) is 24.0. The number of likely N-dealkylation sites (N-methyl/N-ethyl adjacent to an activating group) is 1. The quantitative estimate of drug-likeness (QED) is 0.0584.